The maximum Gasteiger partial charge on any atom is 0.247 e. The second-order valence-electron chi connectivity index (χ2n) is 6.82. The molecule has 4 rings (SSSR count). The number of anilines is 1. The number of unbranched alkanes of at least 4 members (excludes halogenated alkanes) is 2. The van der Waals surface area contributed by atoms with Crippen LogP contribution >= 0.6 is 56.9 Å². The molecule has 0 fully saturated rings. The number of rotatable bonds is 6. The number of benzene rings is 2. The molecule has 1 atom stereocenters. The molecule has 0 saturated heterocycles. The number of para-hydroxylation sites is 1. The van der Waals surface area contributed by atoms with Crippen LogP contribution in [0.15, 0.2) is 41.6 Å². The summed E-state index contributed by atoms with van der Waals surface area (Å²) in [6.45, 7) is 2.19. The van der Waals surface area contributed by atoms with Crippen molar-refractivity contribution < 1.29 is 9.84 Å². The molecule has 9 heteroatoms. The van der Waals surface area contributed by atoms with E-state index in [1.165, 1.54) is 12.8 Å². The molecule has 156 valence electrons. The first-order chi connectivity index (χ1) is 14.6. The summed E-state index contributed by atoms with van der Waals surface area (Å²) in [6.07, 6.45) is 3.03. The van der Waals surface area contributed by atoms with Crippen LogP contribution in [-0.4, -0.2) is 26.0 Å². The summed E-state index contributed by atoms with van der Waals surface area (Å²) < 4.78 is 7.86. The summed E-state index contributed by atoms with van der Waals surface area (Å²) in [5, 5.41) is 23.0. The van der Waals surface area contributed by atoms with Gasteiger partial charge < -0.3 is 15.2 Å². The number of halogens is 2. The Kier molecular flexibility index (Phi) is 7.19. The number of nitrogens with one attached hydrogen (secondary N) is 1. The van der Waals surface area contributed by atoms with Crippen molar-refractivity contribution in [3.8, 4) is 22.9 Å². The molecule has 0 radical (unpaired) electrons. The van der Waals surface area contributed by atoms with Crippen LogP contribution in [0.3, 0.4) is 0 Å². The lowest BCUT2D eigenvalue weighted by molar-refractivity contribution is 0.225. The monoisotopic (exact) mass is 646 g/mol. The lowest BCUT2D eigenvalue weighted by Gasteiger charge is -2.20. The van der Waals surface area contributed by atoms with Crippen molar-refractivity contribution in [2.75, 3.05) is 11.1 Å². The van der Waals surface area contributed by atoms with Gasteiger partial charge in [0, 0.05) is 22.6 Å². The minimum absolute atomic E-state index is 0.282. The summed E-state index contributed by atoms with van der Waals surface area (Å²) in [4.78, 5) is 4.68. The largest absolute Gasteiger partial charge is 0.506 e. The van der Waals surface area contributed by atoms with Crippen molar-refractivity contribution in [2.24, 2.45) is 0 Å². The van der Waals surface area contributed by atoms with Crippen LogP contribution in [0.5, 0.6) is 11.6 Å². The Balaban J connectivity index is 1.71. The van der Waals surface area contributed by atoms with Crippen LogP contribution in [0.4, 0.5) is 5.69 Å². The number of phenolic OH excluding ortho intramolecular Hbond substituents is 1. The van der Waals surface area contributed by atoms with E-state index in [1.54, 1.807) is 11.8 Å². The number of thioether (sulfide) groups is 1. The molecule has 2 aromatic carbocycles. The van der Waals surface area contributed by atoms with E-state index < -0.39 is 6.23 Å². The third-order valence-corrected chi connectivity index (χ3v) is 7.22. The minimum atomic E-state index is -0.468. The van der Waals surface area contributed by atoms with E-state index in [0.29, 0.717) is 16.7 Å². The van der Waals surface area contributed by atoms with Crippen molar-refractivity contribution in [2.45, 2.75) is 37.6 Å². The number of fused-ring (bicyclic) bond motifs is 3. The standard InChI is InChI=1S/C21H20I2N4O2S/c1-2-3-6-9-30-21-25-20-17(26-27-21)13-7-4-5-8-16(13)24-19(29-20)12-10-14(22)18(28)15(23)11-12/h4-5,7-8,10-11,19,24,28H,2-3,6,9H2,1H3. The number of nitrogens with zero attached hydrogens (tertiary/aromatic N) is 3. The molecule has 0 bridgehead atoms. The Bertz CT molecular complexity index is 1040. The number of hydrogen-bond donors (Lipinski definition) is 2. The van der Waals surface area contributed by atoms with E-state index in [9.17, 15) is 5.11 Å². The topological polar surface area (TPSA) is 80.2 Å². The first-order valence-corrected chi connectivity index (χ1v) is 12.8. The molecule has 2 N–H and O–H groups in total. The fourth-order valence-corrected chi connectivity index (χ4v) is 5.70. The molecule has 0 aliphatic carbocycles. The van der Waals surface area contributed by atoms with E-state index >= 15 is 0 Å². The quantitative estimate of drug-likeness (QED) is 0.187. The molecule has 1 aliphatic heterocycles. The van der Waals surface area contributed by atoms with Crippen molar-refractivity contribution >= 4 is 62.6 Å². The van der Waals surface area contributed by atoms with Gasteiger partial charge in [-0.1, -0.05) is 49.7 Å². The maximum absolute atomic E-state index is 10.1. The van der Waals surface area contributed by atoms with Gasteiger partial charge in [0.15, 0.2) is 11.9 Å². The third kappa shape index (κ3) is 4.77. The van der Waals surface area contributed by atoms with E-state index in [1.807, 2.05) is 36.4 Å². The Morgan fingerprint density at radius 3 is 2.67 bits per heavy atom. The van der Waals surface area contributed by atoms with Crippen molar-refractivity contribution in [1.29, 1.82) is 0 Å². The van der Waals surface area contributed by atoms with Crippen molar-refractivity contribution in [1.82, 2.24) is 15.2 Å². The van der Waals surface area contributed by atoms with Gasteiger partial charge in [0.2, 0.25) is 11.0 Å². The molecule has 6 nitrogen and oxygen atoms in total. The Morgan fingerprint density at radius 2 is 1.90 bits per heavy atom. The fourth-order valence-electron chi connectivity index (χ4n) is 3.11. The first kappa shape index (κ1) is 21.9. The van der Waals surface area contributed by atoms with Gasteiger partial charge in [-0.2, -0.15) is 4.98 Å². The Hall–Kier alpha value is -1.34. The van der Waals surface area contributed by atoms with Gasteiger partial charge in [-0.25, -0.2) is 0 Å². The smallest absolute Gasteiger partial charge is 0.247 e. The maximum atomic E-state index is 10.1. The molecule has 3 aromatic rings. The van der Waals surface area contributed by atoms with Crippen LogP contribution in [0.1, 0.15) is 38.0 Å². The number of aromatic nitrogens is 3. The van der Waals surface area contributed by atoms with E-state index in [0.717, 1.165) is 36.1 Å². The second kappa shape index (κ2) is 9.86. The van der Waals surface area contributed by atoms with E-state index in [2.05, 4.69) is 72.6 Å². The van der Waals surface area contributed by atoms with Gasteiger partial charge in [-0.3, -0.25) is 0 Å². The summed E-state index contributed by atoms with van der Waals surface area (Å²) in [6, 6.07) is 11.7. The summed E-state index contributed by atoms with van der Waals surface area (Å²) in [7, 11) is 0. The van der Waals surface area contributed by atoms with Crippen LogP contribution in [0, 0.1) is 7.14 Å². The van der Waals surface area contributed by atoms with Crippen LogP contribution in [0.2, 0.25) is 0 Å². The minimum Gasteiger partial charge on any atom is -0.506 e. The van der Waals surface area contributed by atoms with Crippen LogP contribution < -0.4 is 10.1 Å². The molecular formula is C21H20I2N4O2S. The van der Waals surface area contributed by atoms with Crippen molar-refractivity contribution in [3.05, 3.63) is 49.1 Å². The van der Waals surface area contributed by atoms with Crippen LogP contribution in [-0.2, 0) is 0 Å². The normalized spacial score (nSPS) is 14.8. The van der Waals surface area contributed by atoms with Gasteiger partial charge in [0.25, 0.3) is 0 Å². The third-order valence-electron chi connectivity index (χ3n) is 4.65. The average molecular weight is 646 g/mol. The molecule has 2 heterocycles. The SMILES string of the molecule is CCCCCSc1nnc2c(n1)OC(c1cc(I)c(O)c(I)c1)Nc1ccccc1-2. The molecule has 1 unspecified atom stereocenters. The van der Waals surface area contributed by atoms with Gasteiger partial charge >= 0.3 is 0 Å². The number of aromatic hydroxyl groups is 1. The molecular weight excluding hydrogens is 626 g/mol. The zero-order chi connectivity index (χ0) is 21.1. The van der Waals surface area contributed by atoms with Crippen molar-refractivity contribution in [3.63, 3.8) is 0 Å². The predicted octanol–water partition coefficient (Wildman–Crippen LogP) is 6.24. The molecule has 0 saturated carbocycles. The average Bonchev–Trinajstić information content (AvgIpc) is 2.91. The highest BCUT2D eigenvalue weighted by Gasteiger charge is 2.27. The van der Waals surface area contributed by atoms with Crippen LogP contribution in [0.25, 0.3) is 11.3 Å². The zero-order valence-electron chi connectivity index (χ0n) is 16.2. The number of hydrogen-bond acceptors (Lipinski definition) is 7. The highest BCUT2D eigenvalue weighted by atomic mass is 127. The Morgan fingerprint density at radius 1 is 1.13 bits per heavy atom. The zero-order valence-corrected chi connectivity index (χ0v) is 21.4. The number of phenols is 1. The van der Waals surface area contributed by atoms with Gasteiger partial charge in [0.05, 0.1) is 7.14 Å². The molecule has 30 heavy (non-hydrogen) atoms. The first-order valence-electron chi connectivity index (χ1n) is 9.65. The number of ether oxygens (including phenoxy) is 1. The van der Waals surface area contributed by atoms with E-state index in [-0.39, 0.29) is 5.75 Å². The molecule has 1 aliphatic rings. The Labute approximate surface area is 206 Å². The summed E-state index contributed by atoms with van der Waals surface area (Å²) >= 11 is 5.86. The highest BCUT2D eigenvalue weighted by Crippen LogP contribution is 2.40. The second-order valence-corrected chi connectivity index (χ2v) is 10.2. The fraction of sp³-hybridized carbons (Fsp3) is 0.286. The lowest BCUT2D eigenvalue weighted by atomic mass is 10.1. The lowest BCUT2D eigenvalue weighted by Crippen LogP contribution is -2.17. The molecule has 0 spiro atoms. The van der Waals surface area contributed by atoms with E-state index in [4.69, 9.17) is 4.74 Å². The predicted molar refractivity (Wildman–Crippen MR) is 136 cm³/mol. The van der Waals surface area contributed by atoms with Gasteiger partial charge in [-0.15, -0.1) is 10.2 Å². The summed E-state index contributed by atoms with van der Waals surface area (Å²) in [5.74, 6) is 1.70. The molecule has 1 aromatic heterocycles. The van der Waals surface area contributed by atoms with Gasteiger partial charge in [-0.05, 0) is 69.8 Å². The summed E-state index contributed by atoms with van der Waals surface area (Å²) in [5.41, 5.74) is 3.33. The highest BCUT2D eigenvalue weighted by molar-refractivity contribution is 14.1. The molecule has 0 amide bonds. The van der Waals surface area contributed by atoms with Gasteiger partial charge in [0.1, 0.15) is 5.75 Å².